The fourth-order valence-corrected chi connectivity index (χ4v) is 5.55. The van der Waals surface area contributed by atoms with Crippen LogP contribution < -0.4 is 10.1 Å². The zero-order valence-electron chi connectivity index (χ0n) is 25.3. The second-order valence-electron chi connectivity index (χ2n) is 11.3. The molecule has 0 saturated carbocycles. The lowest BCUT2D eigenvalue weighted by Gasteiger charge is -2.11. The number of imidazole rings is 1. The maximum Gasteiger partial charge on any atom is 0.257 e. The number of nitrogens with one attached hydrogen (secondary N) is 1. The molecule has 0 atom stereocenters. The molecule has 2 aromatic carbocycles. The third-order valence-electron chi connectivity index (χ3n) is 7.82. The largest absolute Gasteiger partial charge is 0.484 e. The number of aromatic nitrogens is 2. The van der Waals surface area contributed by atoms with Crippen molar-refractivity contribution in [2.45, 2.75) is 123 Å². The molecule has 1 heterocycles. The normalized spacial score (nSPS) is 11.3. The Labute approximate surface area is 253 Å². The summed E-state index contributed by atoms with van der Waals surface area (Å²) >= 11 is 5.90. The van der Waals surface area contributed by atoms with Gasteiger partial charge in [-0.3, -0.25) is 4.79 Å². The summed E-state index contributed by atoms with van der Waals surface area (Å²) in [5, 5.41) is 3.61. The molecule has 0 spiro atoms. The summed E-state index contributed by atoms with van der Waals surface area (Å²) in [6, 6.07) is 15.4. The first-order valence-corrected chi connectivity index (χ1v) is 16.6. The molecule has 5 nitrogen and oxygen atoms in total. The standard InChI is InChI=1S/C35H52ClN3O2/c1-2-3-4-5-6-7-8-9-10-11-12-13-14-15-16-19-28-39-33-21-18-17-20-32(33)38-34(39)26-27-37-35(40)29-41-31-24-22-30(36)23-25-31/h17-18,20-25H,2-16,19,26-29H2,1H3,(H,37,40). The smallest absolute Gasteiger partial charge is 0.257 e. The van der Waals surface area contributed by atoms with E-state index in [1.54, 1.807) is 24.3 Å². The minimum atomic E-state index is -0.139. The maximum atomic E-state index is 12.3. The Morgan fingerprint density at radius 3 is 1.95 bits per heavy atom. The van der Waals surface area contributed by atoms with Crippen LogP contribution in [0, 0.1) is 0 Å². The molecule has 0 radical (unpaired) electrons. The Hall–Kier alpha value is -2.53. The third-order valence-corrected chi connectivity index (χ3v) is 8.08. The van der Waals surface area contributed by atoms with E-state index in [1.807, 2.05) is 6.07 Å². The van der Waals surface area contributed by atoms with Crippen LogP contribution in [0.25, 0.3) is 11.0 Å². The van der Waals surface area contributed by atoms with Crippen molar-refractivity contribution < 1.29 is 9.53 Å². The molecule has 0 aliphatic heterocycles. The maximum absolute atomic E-state index is 12.3. The predicted octanol–water partition coefficient (Wildman–Crippen LogP) is 9.69. The Balaban J connectivity index is 1.26. The van der Waals surface area contributed by atoms with E-state index in [4.69, 9.17) is 21.3 Å². The molecule has 0 aliphatic rings. The zero-order valence-corrected chi connectivity index (χ0v) is 26.1. The second kappa shape index (κ2) is 20.4. The summed E-state index contributed by atoms with van der Waals surface area (Å²) in [4.78, 5) is 17.2. The number of carbonyl (C=O) groups excluding carboxylic acids is 1. The number of hydrogen-bond donors (Lipinski definition) is 1. The highest BCUT2D eigenvalue weighted by molar-refractivity contribution is 6.30. The van der Waals surface area contributed by atoms with E-state index in [9.17, 15) is 4.79 Å². The number of hydrogen-bond acceptors (Lipinski definition) is 3. The number of halogens is 1. The molecule has 3 aromatic rings. The van der Waals surface area contributed by atoms with E-state index in [1.165, 1.54) is 102 Å². The van der Waals surface area contributed by atoms with Gasteiger partial charge in [0.2, 0.25) is 0 Å². The summed E-state index contributed by atoms with van der Waals surface area (Å²) in [5.74, 6) is 1.52. The van der Waals surface area contributed by atoms with Gasteiger partial charge in [-0.25, -0.2) is 4.98 Å². The van der Waals surface area contributed by atoms with E-state index in [2.05, 4.69) is 35.0 Å². The van der Waals surface area contributed by atoms with Gasteiger partial charge in [0.05, 0.1) is 11.0 Å². The summed E-state index contributed by atoms with van der Waals surface area (Å²) in [5.41, 5.74) is 2.21. The van der Waals surface area contributed by atoms with Crippen LogP contribution in [0.3, 0.4) is 0 Å². The van der Waals surface area contributed by atoms with Gasteiger partial charge in [0.25, 0.3) is 5.91 Å². The Bertz CT molecular complexity index is 1110. The minimum Gasteiger partial charge on any atom is -0.484 e. The molecule has 0 bridgehead atoms. The number of nitrogens with zero attached hydrogens (tertiary/aromatic N) is 2. The number of ether oxygens (including phenoxy) is 1. The van der Waals surface area contributed by atoms with E-state index in [0.717, 1.165) is 24.3 Å². The Morgan fingerprint density at radius 2 is 1.34 bits per heavy atom. The number of para-hydroxylation sites is 2. The number of aryl methyl sites for hydroxylation is 1. The Kier molecular flexibility index (Phi) is 16.4. The average molecular weight is 582 g/mol. The summed E-state index contributed by atoms with van der Waals surface area (Å²) in [6.07, 6.45) is 22.7. The van der Waals surface area contributed by atoms with Crippen molar-refractivity contribution in [3.05, 3.63) is 59.4 Å². The van der Waals surface area contributed by atoms with Gasteiger partial charge in [0.1, 0.15) is 11.6 Å². The first-order valence-electron chi connectivity index (χ1n) is 16.3. The van der Waals surface area contributed by atoms with Gasteiger partial charge in [-0.15, -0.1) is 0 Å². The summed E-state index contributed by atoms with van der Waals surface area (Å²) < 4.78 is 7.89. The van der Waals surface area contributed by atoms with Gasteiger partial charge >= 0.3 is 0 Å². The molecule has 226 valence electrons. The van der Waals surface area contributed by atoms with Crippen LogP contribution in [0.1, 0.15) is 115 Å². The molecule has 41 heavy (non-hydrogen) atoms. The molecule has 3 rings (SSSR count). The number of rotatable bonds is 23. The van der Waals surface area contributed by atoms with Crippen molar-refractivity contribution in [1.29, 1.82) is 0 Å². The molecule has 0 unspecified atom stereocenters. The van der Waals surface area contributed by atoms with Crippen molar-refractivity contribution in [3.8, 4) is 5.75 Å². The lowest BCUT2D eigenvalue weighted by molar-refractivity contribution is -0.123. The highest BCUT2D eigenvalue weighted by Crippen LogP contribution is 2.19. The Morgan fingerprint density at radius 1 is 0.780 bits per heavy atom. The molecule has 0 saturated heterocycles. The van der Waals surface area contributed by atoms with Crippen LogP contribution in [0.4, 0.5) is 0 Å². The first kappa shape index (κ1) is 33.0. The molecule has 1 amide bonds. The van der Waals surface area contributed by atoms with Crippen molar-refractivity contribution in [2.75, 3.05) is 13.2 Å². The van der Waals surface area contributed by atoms with Gasteiger partial charge in [0.15, 0.2) is 6.61 Å². The first-order chi connectivity index (χ1) is 20.2. The number of carbonyl (C=O) groups is 1. The van der Waals surface area contributed by atoms with Gasteiger partial charge < -0.3 is 14.6 Å². The fourth-order valence-electron chi connectivity index (χ4n) is 5.43. The molecule has 1 aromatic heterocycles. The molecule has 6 heteroatoms. The van der Waals surface area contributed by atoms with Crippen molar-refractivity contribution in [3.63, 3.8) is 0 Å². The third kappa shape index (κ3) is 13.3. The molecular weight excluding hydrogens is 530 g/mol. The zero-order chi connectivity index (χ0) is 29.0. The van der Waals surface area contributed by atoms with Crippen LogP contribution in [0.2, 0.25) is 5.02 Å². The van der Waals surface area contributed by atoms with Crippen LogP contribution in [-0.4, -0.2) is 28.6 Å². The van der Waals surface area contributed by atoms with Gasteiger partial charge in [0, 0.05) is 24.5 Å². The molecule has 1 N–H and O–H groups in total. The summed E-state index contributed by atoms with van der Waals surface area (Å²) in [6.45, 7) is 3.78. The van der Waals surface area contributed by atoms with E-state index in [0.29, 0.717) is 23.7 Å². The van der Waals surface area contributed by atoms with Crippen LogP contribution >= 0.6 is 11.6 Å². The fraction of sp³-hybridized carbons (Fsp3) is 0.600. The predicted molar refractivity (Wildman–Crippen MR) is 173 cm³/mol. The molecule has 0 fully saturated rings. The highest BCUT2D eigenvalue weighted by Gasteiger charge is 2.11. The van der Waals surface area contributed by atoms with Crippen LogP contribution in [-0.2, 0) is 17.8 Å². The number of amides is 1. The quantitative estimate of drug-likeness (QED) is 0.113. The van der Waals surface area contributed by atoms with Gasteiger partial charge in [-0.2, -0.15) is 0 Å². The minimum absolute atomic E-state index is 0.0166. The second-order valence-corrected chi connectivity index (χ2v) is 11.8. The average Bonchev–Trinajstić information content (AvgIpc) is 3.33. The summed E-state index contributed by atoms with van der Waals surface area (Å²) in [7, 11) is 0. The van der Waals surface area contributed by atoms with Crippen molar-refractivity contribution in [2.24, 2.45) is 0 Å². The lowest BCUT2D eigenvalue weighted by atomic mass is 10.0. The lowest BCUT2D eigenvalue weighted by Crippen LogP contribution is -2.31. The highest BCUT2D eigenvalue weighted by atomic mass is 35.5. The van der Waals surface area contributed by atoms with Crippen molar-refractivity contribution >= 4 is 28.5 Å². The van der Waals surface area contributed by atoms with Crippen molar-refractivity contribution in [1.82, 2.24) is 14.9 Å². The SMILES string of the molecule is CCCCCCCCCCCCCCCCCCn1c(CCNC(=O)COc2ccc(Cl)cc2)nc2ccccc21. The number of unbranched alkanes of at least 4 members (excludes halogenated alkanes) is 15. The molecule has 0 aliphatic carbocycles. The number of fused-ring (bicyclic) bond motifs is 1. The van der Waals surface area contributed by atoms with Crippen LogP contribution in [0.15, 0.2) is 48.5 Å². The topological polar surface area (TPSA) is 56.2 Å². The number of benzene rings is 2. The molecular formula is C35H52ClN3O2. The van der Waals surface area contributed by atoms with Gasteiger partial charge in [-0.05, 0) is 42.8 Å². The van der Waals surface area contributed by atoms with E-state index in [-0.39, 0.29) is 12.5 Å². The van der Waals surface area contributed by atoms with Crippen LogP contribution in [0.5, 0.6) is 5.75 Å². The van der Waals surface area contributed by atoms with Gasteiger partial charge in [-0.1, -0.05) is 127 Å². The van der Waals surface area contributed by atoms with E-state index < -0.39 is 0 Å². The van der Waals surface area contributed by atoms with E-state index >= 15 is 0 Å². The monoisotopic (exact) mass is 581 g/mol.